The standard InChI is InChI=1S/C21H20N2O6/c1-12-7-5-6-8-15(12)23-20(25)14(19(24)22-21(23)26)9-13-10-17(28-3)18(29-4)11-16(13)27-2/h5-11H,1-4H3,(H,22,24,26)/b14-9-. The lowest BCUT2D eigenvalue weighted by molar-refractivity contribution is -0.122. The number of methoxy groups -OCH3 is 3. The third-order valence-corrected chi connectivity index (χ3v) is 4.49. The van der Waals surface area contributed by atoms with Crippen LogP contribution in [0.2, 0.25) is 0 Å². The number of aryl methyl sites for hydroxylation is 1. The molecule has 1 N–H and O–H groups in total. The number of nitrogens with one attached hydrogen (secondary N) is 1. The number of carbonyl (C=O) groups is 3. The van der Waals surface area contributed by atoms with Crippen molar-refractivity contribution in [1.29, 1.82) is 0 Å². The maximum atomic E-state index is 13.1. The summed E-state index contributed by atoms with van der Waals surface area (Å²) in [7, 11) is 4.41. The van der Waals surface area contributed by atoms with Crippen molar-refractivity contribution in [2.24, 2.45) is 0 Å². The predicted molar refractivity (Wildman–Crippen MR) is 106 cm³/mol. The summed E-state index contributed by atoms with van der Waals surface area (Å²) in [6.07, 6.45) is 1.36. The van der Waals surface area contributed by atoms with Crippen LogP contribution in [-0.2, 0) is 9.59 Å². The van der Waals surface area contributed by atoms with Crippen LogP contribution < -0.4 is 24.4 Å². The van der Waals surface area contributed by atoms with Gasteiger partial charge in [-0.2, -0.15) is 0 Å². The molecular formula is C21H20N2O6. The number of urea groups is 1. The van der Waals surface area contributed by atoms with Crippen molar-refractivity contribution in [2.45, 2.75) is 6.92 Å². The zero-order chi connectivity index (χ0) is 21.1. The molecule has 0 aliphatic carbocycles. The van der Waals surface area contributed by atoms with Gasteiger partial charge in [-0.3, -0.25) is 14.9 Å². The third kappa shape index (κ3) is 3.64. The molecule has 1 aliphatic heterocycles. The van der Waals surface area contributed by atoms with Crippen molar-refractivity contribution in [2.75, 3.05) is 26.2 Å². The minimum absolute atomic E-state index is 0.210. The fourth-order valence-corrected chi connectivity index (χ4v) is 3.01. The molecule has 0 aromatic heterocycles. The average Bonchev–Trinajstić information content (AvgIpc) is 2.71. The first-order valence-corrected chi connectivity index (χ1v) is 8.68. The van der Waals surface area contributed by atoms with Crippen molar-refractivity contribution in [3.8, 4) is 17.2 Å². The molecule has 0 atom stereocenters. The molecule has 3 rings (SSSR count). The van der Waals surface area contributed by atoms with Crippen molar-refractivity contribution in [3.05, 3.63) is 53.1 Å². The number of anilines is 1. The lowest BCUT2D eigenvalue weighted by Gasteiger charge is -2.27. The van der Waals surface area contributed by atoms with Gasteiger partial charge in [0.25, 0.3) is 11.8 Å². The van der Waals surface area contributed by atoms with E-state index >= 15 is 0 Å². The summed E-state index contributed by atoms with van der Waals surface area (Å²) in [6.45, 7) is 1.77. The Morgan fingerprint density at radius 2 is 1.52 bits per heavy atom. The largest absolute Gasteiger partial charge is 0.496 e. The summed E-state index contributed by atoms with van der Waals surface area (Å²) in [6, 6.07) is 9.28. The van der Waals surface area contributed by atoms with Crippen LogP contribution in [0.5, 0.6) is 17.2 Å². The molecule has 2 aromatic carbocycles. The molecule has 2 aromatic rings. The minimum atomic E-state index is -0.800. The first-order chi connectivity index (χ1) is 13.9. The number of carbonyl (C=O) groups excluding carboxylic acids is 3. The summed E-state index contributed by atoms with van der Waals surface area (Å²) in [5.74, 6) is -0.319. The zero-order valence-electron chi connectivity index (χ0n) is 16.4. The normalized spacial score (nSPS) is 15.4. The number of ether oxygens (including phenoxy) is 3. The molecular weight excluding hydrogens is 376 g/mol. The molecule has 29 heavy (non-hydrogen) atoms. The molecule has 0 spiro atoms. The molecule has 0 saturated carbocycles. The number of barbiturate groups is 1. The van der Waals surface area contributed by atoms with Gasteiger partial charge in [0, 0.05) is 11.6 Å². The lowest BCUT2D eigenvalue weighted by atomic mass is 10.0. The number of amides is 4. The predicted octanol–water partition coefficient (Wildman–Crippen LogP) is 2.69. The van der Waals surface area contributed by atoms with Gasteiger partial charge in [0.1, 0.15) is 11.3 Å². The van der Waals surface area contributed by atoms with Gasteiger partial charge in [-0.05, 0) is 30.7 Å². The maximum absolute atomic E-state index is 13.1. The van der Waals surface area contributed by atoms with Gasteiger partial charge in [0.2, 0.25) is 0 Å². The van der Waals surface area contributed by atoms with Crippen LogP contribution in [-0.4, -0.2) is 39.2 Å². The van der Waals surface area contributed by atoms with Crippen LogP contribution in [0.15, 0.2) is 42.0 Å². The van der Waals surface area contributed by atoms with E-state index in [9.17, 15) is 14.4 Å². The summed E-state index contributed by atoms with van der Waals surface area (Å²) in [5.41, 5.74) is 1.32. The minimum Gasteiger partial charge on any atom is -0.496 e. The maximum Gasteiger partial charge on any atom is 0.335 e. The Morgan fingerprint density at radius 3 is 2.14 bits per heavy atom. The van der Waals surface area contributed by atoms with Gasteiger partial charge in [-0.1, -0.05) is 18.2 Å². The highest BCUT2D eigenvalue weighted by molar-refractivity contribution is 6.39. The van der Waals surface area contributed by atoms with E-state index in [1.54, 1.807) is 43.3 Å². The molecule has 150 valence electrons. The van der Waals surface area contributed by atoms with Crippen LogP contribution in [0.25, 0.3) is 6.08 Å². The monoisotopic (exact) mass is 396 g/mol. The van der Waals surface area contributed by atoms with E-state index in [-0.39, 0.29) is 5.57 Å². The number of para-hydroxylation sites is 1. The van der Waals surface area contributed by atoms with E-state index in [1.807, 2.05) is 0 Å². The fourth-order valence-electron chi connectivity index (χ4n) is 3.01. The number of benzene rings is 2. The molecule has 1 aliphatic rings. The second kappa shape index (κ2) is 8.05. The first kappa shape index (κ1) is 19.9. The summed E-state index contributed by atoms with van der Waals surface area (Å²) in [5, 5.41) is 2.21. The van der Waals surface area contributed by atoms with Gasteiger partial charge in [-0.25, -0.2) is 9.69 Å². The molecule has 8 heteroatoms. The van der Waals surface area contributed by atoms with Gasteiger partial charge in [0.05, 0.1) is 27.0 Å². The highest BCUT2D eigenvalue weighted by Crippen LogP contribution is 2.36. The van der Waals surface area contributed by atoms with E-state index in [0.29, 0.717) is 34.1 Å². The number of hydrogen-bond acceptors (Lipinski definition) is 6. The van der Waals surface area contributed by atoms with E-state index < -0.39 is 17.8 Å². The van der Waals surface area contributed by atoms with Crippen LogP contribution >= 0.6 is 0 Å². The second-order valence-corrected chi connectivity index (χ2v) is 6.19. The number of nitrogens with zero attached hydrogens (tertiary/aromatic N) is 1. The molecule has 0 radical (unpaired) electrons. The van der Waals surface area contributed by atoms with Crippen LogP contribution in [0, 0.1) is 6.92 Å². The Hall–Kier alpha value is -3.81. The van der Waals surface area contributed by atoms with Gasteiger partial charge in [0.15, 0.2) is 11.5 Å². The van der Waals surface area contributed by atoms with Crippen LogP contribution in [0.4, 0.5) is 10.5 Å². The van der Waals surface area contributed by atoms with Crippen LogP contribution in [0.1, 0.15) is 11.1 Å². The number of hydrogen-bond donors (Lipinski definition) is 1. The Morgan fingerprint density at radius 1 is 0.897 bits per heavy atom. The average molecular weight is 396 g/mol. The molecule has 1 saturated heterocycles. The van der Waals surface area contributed by atoms with Crippen LogP contribution in [0.3, 0.4) is 0 Å². The SMILES string of the molecule is COc1cc(OC)c(OC)cc1/C=C1/C(=O)NC(=O)N(c2ccccc2C)C1=O. The van der Waals surface area contributed by atoms with E-state index in [0.717, 1.165) is 4.90 Å². The molecule has 4 amide bonds. The van der Waals surface area contributed by atoms with Gasteiger partial charge in [-0.15, -0.1) is 0 Å². The molecule has 0 unspecified atom stereocenters. The Labute approximate surface area is 167 Å². The Bertz CT molecular complexity index is 1030. The second-order valence-electron chi connectivity index (χ2n) is 6.19. The van der Waals surface area contributed by atoms with Crippen molar-refractivity contribution >= 4 is 29.6 Å². The molecule has 0 bridgehead atoms. The number of imide groups is 2. The zero-order valence-corrected chi connectivity index (χ0v) is 16.4. The summed E-state index contributed by atoms with van der Waals surface area (Å²) in [4.78, 5) is 38.8. The van der Waals surface area contributed by atoms with Crippen molar-refractivity contribution < 1.29 is 28.6 Å². The third-order valence-electron chi connectivity index (χ3n) is 4.49. The summed E-state index contributed by atoms with van der Waals surface area (Å²) >= 11 is 0. The van der Waals surface area contributed by atoms with E-state index in [2.05, 4.69) is 5.32 Å². The Balaban J connectivity index is 2.11. The highest BCUT2D eigenvalue weighted by Gasteiger charge is 2.37. The lowest BCUT2D eigenvalue weighted by Crippen LogP contribution is -2.54. The fraction of sp³-hybridized carbons (Fsp3) is 0.190. The molecule has 1 fully saturated rings. The van der Waals surface area contributed by atoms with E-state index in [1.165, 1.54) is 27.4 Å². The molecule has 1 heterocycles. The smallest absolute Gasteiger partial charge is 0.335 e. The molecule has 8 nitrogen and oxygen atoms in total. The van der Waals surface area contributed by atoms with E-state index in [4.69, 9.17) is 14.2 Å². The van der Waals surface area contributed by atoms with Crippen molar-refractivity contribution in [1.82, 2.24) is 5.32 Å². The van der Waals surface area contributed by atoms with Crippen molar-refractivity contribution in [3.63, 3.8) is 0 Å². The number of rotatable bonds is 5. The van der Waals surface area contributed by atoms with Gasteiger partial charge >= 0.3 is 6.03 Å². The summed E-state index contributed by atoms with van der Waals surface area (Å²) < 4.78 is 15.9. The first-order valence-electron chi connectivity index (χ1n) is 8.68. The van der Waals surface area contributed by atoms with Gasteiger partial charge < -0.3 is 14.2 Å². The quantitative estimate of drug-likeness (QED) is 0.617. The topological polar surface area (TPSA) is 94.2 Å². The highest BCUT2D eigenvalue weighted by atomic mass is 16.5. The Kier molecular flexibility index (Phi) is 5.54.